The predicted octanol–water partition coefficient (Wildman–Crippen LogP) is 5.29. The zero-order valence-corrected chi connectivity index (χ0v) is 24.7. The molecule has 9 nitrogen and oxygen atoms in total. The molecule has 0 aromatic carbocycles. The maximum absolute atomic E-state index is 12.5. The van der Waals surface area contributed by atoms with Crippen molar-refractivity contribution >= 4 is 13.7 Å². The van der Waals surface area contributed by atoms with E-state index in [0.717, 1.165) is 44.9 Å². The average Bonchev–Trinajstić information content (AvgIpc) is 2.88. The molecule has 0 radical (unpaired) electrons. The lowest BCUT2D eigenvalue weighted by molar-refractivity contribution is -0.124. The number of aliphatic hydroxyl groups excluding tert-OH is 2. The molecule has 0 aliphatic rings. The predicted molar refractivity (Wildman–Crippen MR) is 154 cm³/mol. The Hall–Kier alpha value is -1.06. The van der Waals surface area contributed by atoms with E-state index < -0.39 is 38.6 Å². The Morgan fingerprint density at radius 1 is 0.895 bits per heavy atom. The van der Waals surface area contributed by atoms with Gasteiger partial charge in [0.1, 0.15) is 0 Å². The highest BCUT2D eigenvalue weighted by atomic mass is 31.2. The lowest BCUT2D eigenvalue weighted by Crippen LogP contribution is -2.46. The zero-order valence-electron chi connectivity index (χ0n) is 23.8. The summed E-state index contributed by atoms with van der Waals surface area (Å²) in [5.41, 5.74) is 5.30. The molecule has 0 fully saturated rings. The van der Waals surface area contributed by atoms with Crippen molar-refractivity contribution in [2.45, 2.75) is 128 Å². The van der Waals surface area contributed by atoms with E-state index in [1.165, 1.54) is 38.5 Å². The van der Waals surface area contributed by atoms with E-state index >= 15 is 0 Å². The van der Waals surface area contributed by atoms with Gasteiger partial charge in [-0.1, -0.05) is 89.5 Å². The Morgan fingerprint density at radius 3 is 2.18 bits per heavy atom. The van der Waals surface area contributed by atoms with E-state index in [9.17, 15) is 24.5 Å². The fourth-order valence-electron chi connectivity index (χ4n) is 3.80. The van der Waals surface area contributed by atoms with Gasteiger partial charge in [-0.15, -0.1) is 0 Å². The molecule has 0 aliphatic carbocycles. The van der Waals surface area contributed by atoms with Gasteiger partial charge in [-0.3, -0.25) is 13.8 Å². The number of phosphoric ester groups is 1. The Labute approximate surface area is 230 Å². The number of unbranched alkanes of at least 4 members (excludes halogenated alkanes) is 10. The van der Waals surface area contributed by atoms with Crippen LogP contribution in [-0.4, -0.2) is 59.0 Å². The number of carbonyl (C=O) groups is 1. The van der Waals surface area contributed by atoms with Crippen LogP contribution >= 0.6 is 7.82 Å². The van der Waals surface area contributed by atoms with Crippen LogP contribution in [0.25, 0.3) is 0 Å². The van der Waals surface area contributed by atoms with E-state index in [-0.39, 0.29) is 19.6 Å². The largest absolute Gasteiger partial charge is 0.472 e. The lowest BCUT2D eigenvalue weighted by Gasteiger charge is -2.24. The molecule has 10 heteroatoms. The first-order valence-corrected chi connectivity index (χ1v) is 16.0. The molecule has 4 atom stereocenters. The molecule has 0 aromatic rings. The first-order valence-electron chi connectivity index (χ1n) is 14.5. The van der Waals surface area contributed by atoms with Gasteiger partial charge in [0.2, 0.25) is 5.91 Å². The number of aliphatic hydroxyl groups is 2. The molecule has 0 bridgehead atoms. The monoisotopic (exact) mass is 562 g/mol. The van der Waals surface area contributed by atoms with Crippen molar-refractivity contribution in [3.8, 4) is 0 Å². The van der Waals surface area contributed by atoms with Crippen molar-refractivity contribution in [2.75, 3.05) is 19.8 Å². The maximum Gasteiger partial charge on any atom is 0.472 e. The van der Waals surface area contributed by atoms with Crippen molar-refractivity contribution in [1.29, 1.82) is 0 Å². The van der Waals surface area contributed by atoms with Crippen LogP contribution in [0.1, 0.15) is 110 Å². The van der Waals surface area contributed by atoms with Crippen molar-refractivity contribution in [2.24, 2.45) is 5.73 Å². The SMILES string of the molecule is CCCC/C=C\CCCCC(O)CC(=O)NC(COP(=O)(O)OCCN)C(O)/C=C/CCCCCCCC. The van der Waals surface area contributed by atoms with Crippen molar-refractivity contribution in [3.63, 3.8) is 0 Å². The lowest BCUT2D eigenvalue weighted by atomic mass is 10.1. The minimum absolute atomic E-state index is 0.0465. The second-order valence-electron chi connectivity index (χ2n) is 9.79. The fourth-order valence-corrected chi connectivity index (χ4v) is 4.56. The number of hydrogen-bond donors (Lipinski definition) is 5. The highest BCUT2D eigenvalue weighted by Gasteiger charge is 2.27. The Morgan fingerprint density at radius 2 is 1.50 bits per heavy atom. The van der Waals surface area contributed by atoms with Gasteiger partial charge in [0.15, 0.2) is 0 Å². The molecule has 0 saturated heterocycles. The summed E-state index contributed by atoms with van der Waals surface area (Å²) in [6.07, 6.45) is 20.1. The molecule has 4 unspecified atom stereocenters. The third-order valence-electron chi connectivity index (χ3n) is 6.08. The zero-order chi connectivity index (χ0) is 28.5. The van der Waals surface area contributed by atoms with Gasteiger partial charge in [-0.05, 0) is 38.5 Å². The van der Waals surface area contributed by atoms with E-state index in [0.29, 0.717) is 6.42 Å². The number of nitrogens with one attached hydrogen (secondary N) is 1. The van der Waals surface area contributed by atoms with Crippen LogP contribution in [0, 0.1) is 0 Å². The van der Waals surface area contributed by atoms with Gasteiger partial charge in [-0.2, -0.15) is 0 Å². The Balaban J connectivity index is 4.68. The number of amides is 1. The molecule has 0 aromatic heterocycles. The fraction of sp³-hybridized carbons (Fsp3) is 0.821. The van der Waals surface area contributed by atoms with E-state index in [1.807, 2.05) is 6.08 Å². The van der Waals surface area contributed by atoms with Crippen molar-refractivity contribution in [1.82, 2.24) is 5.32 Å². The number of nitrogens with two attached hydrogens (primary N) is 1. The summed E-state index contributed by atoms with van der Waals surface area (Å²) >= 11 is 0. The van der Waals surface area contributed by atoms with Crippen LogP contribution in [0.15, 0.2) is 24.3 Å². The first-order chi connectivity index (χ1) is 18.3. The van der Waals surface area contributed by atoms with E-state index in [2.05, 4.69) is 31.3 Å². The van der Waals surface area contributed by atoms with Gasteiger partial charge in [0.05, 0.1) is 37.9 Å². The van der Waals surface area contributed by atoms with E-state index in [1.54, 1.807) is 6.08 Å². The Kier molecular flexibility index (Phi) is 24.2. The molecule has 0 heterocycles. The average molecular weight is 563 g/mol. The second-order valence-corrected chi connectivity index (χ2v) is 11.2. The molecular formula is C28H55N2O7P. The number of hydrogen-bond acceptors (Lipinski definition) is 7. The van der Waals surface area contributed by atoms with Crippen LogP contribution < -0.4 is 11.1 Å². The third kappa shape index (κ3) is 22.9. The molecule has 0 spiro atoms. The molecule has 0 rings (SSSR count). The molecule has 224 valence electrons. The molecule has 0 aliphatic heterocycles. The summed E-state index contributed by atoms with van der Waals surface area (Å²) in [5, 5.41) is 23.5. The van der Waals surface area contributed by atoms with Gasteiger partial charge < -0.3 is 26.2 Å². The quantitative estimate of drug-likeness (QED) is 0.0542. The summed E-state index contributed by atoms with van der Waals surface area (Å²) in [6, 6.07) is -0.981. The highest BCUT2D eigenvalue weighted by molar-refractivity contribution is 7.47. The summed E-state index contributed by atoms with van der Waals surface area (Å²) < 4.78 is 21.7. The second kappa shape index (κ2) is 24.9. The van der Waals surface area contributed by atoms with E-state index in [4.69, 9.17) is 14.8 Å². The van der Waals surface area contributed by atoms with Gasteiger partial charge in [0.25, 0.3) is 0 Å². The first kappa shape index (κ1) is 36.9. The summed E-state index contributed by atoms with van der Waals surface area (Å²) in [5.74, 6) is -0.468. The van der Waals surface area contributed by atoms with Gasteiger partial charge in [-0.25, -0.2) is 4.57 Å². The minimum atomic E-state index is -4.38. The molecule has 1 amide bonds. The van der Waals surface area contributed by atoms with Crippen molar-refractivity contribution in [3.05, 3.63) is 24.3 Å². The summed E-state index contributed by atoms with van der Waals surface area (Å²) in [6.45, 7) is 3.79. The topological polar surface area (TPSA) is 151 Å². The normalized spacial score (nSPS) is 16.1. The van der Waals surface area contributed by atoms with Crippen LogP contribution in [-0.2, 0) is 18.4 Å². The molecule has 0 saturated carbocycles. The van der Waals surface area contributed by atoms with Crippen LogP contribution in [0.2, 0.25) is 0 Å². The summed E-state index contributed by atoms with van der Waals surface area (Å²) in [4.78, 5) is 22.3. The number of phosphoric acid groups is 1. The number of allylic oxidation sites excluding steroid dienone is 3. The van der Waals surface area contributed by atoms with Crippen molar-refractivity contribution < 1.29 is 33.5 Å². The minimum Gasteiger partial charge on any atom is -0.393 e. The molecule has 6 N–H and O–H groups in total. The van der Waals surface area contributed by atoms with Crippen LogP contribution in [0.3, 0.4) is 0 Å². The molecule has 38 heavy (non-hydrogen) atoms. The standard InChI is InChI=1S/C28H55N2O7P/c1-3-5-7-9-11-13-15-17-19-25(31)23-28(33)30-26(24-37-38(34,35)36-22-21-29)27(32)20-18-16-14-12-10-8-6-4-2/h9,11,18,20,25-27,31-32H,3-8,10,12-17,19,21-24,29H2,1-2H3,(H,30,33)(H,34,35)/b11-9-,20-18+. The smallest absolute Gasteiger partial charge is 0.393 e. The number of rotatable bonds is 26. The number of carbonyl (C=O) groups excluding carboxylic acids is 1. The highest BCUT2D eigenvalue weighted by Crippen LogP contribution is 2.43. The van der Waals surface area contributed by atoms with Gasteiger partial charge in [0, 0.05) is 6.54 Å². The van der Waals surface area contributed by atoms with Crippen LogP contribution in [0.5, 0.6) is 0 Å². The molecular weight excluding hydrogens is 507 g/mol. The maximum atomic E-state index is 12.5. The third-order valence-corrected chi connectivity index (χ3v) is 7.06. The van der Waals surface area contributed by atoms with Gasteiger partial charge >= 0.3 is 7.82 Å². The van der Waals surface area contributed by atoms with Crippen LogP contribution in [0.4, 0.5) is 0 Å². The summed E-state index contributed by atoms with van der Waals surface area (Å²) in [7, 11) is -4.38. The Bertz CT molecular complexity index is 676.